The summed E-state index contributed by atoms with van der Waals surface area (Å²) in [5.41, 5.74) is 4.18. The molecule has 6 heterocycles. The maximum Gasteiger partial charge on any atom is 0.410 e. The second kappa shape index (κ2) is 47.2. The first-order valence-electron chi connectivity index (χ1n) is 44.3. The molecule has 0 aliphatic carbocycles. The summed E-state index contributed by atoms with van der Waals surface area (Å²) in [7, 11) is 1.66. The minimum atomic E-state index is -1.19. The number of nitrogens with zero attached hydrogens (tertiary/aromatic N) is 6. The van der Waals surface area contributed by atoms with Crippen LogP contribution in [-0.4, -0.2) is 240 Å². The number of Topliss-reactive ketones (excluding diaryl/α,β-unsaturated/α-hetero) is 1. The molecule has 6 aromatic rings. The quantitative estimate of drug-likeness (QED) is 0.0162. The Labute approximate surface area is 754 Å². The van der Waals surface area contributed by atoms with Crippen molar-refractivity contribution in [1.29, 1.82) is 0 Å². The maximum absolute atomic E-state index is 14.9. The van der Waals surface area contributed by atoms with Crippen molar-refractivity contribution in [3.8, 4) is 36.0 Å². The van der Waals surface area contributed by atoms with Crippen LogP contribution in [0.4, 0.5) is 31.4 Å². The highest BCUT2D eigenvalue weighted by Gasteiger charge is 2.59. The Hall–Kier alpha value is -12.9. The van der Waals surface area contributed by atoms with Gasteiger partial charge in [-0.1, -0.05) is 191 Å². The number of likely N-dealkylation sites (N-methyl/N-ethyl adjacent to an activating group) is 1. The van der Waals surface area contributed by atoms with Crippen LogP contribution >= 0.6 is 0 Å². The van der Waals surface area contributed by atoms with Crippen LogP contribution in [0.2, 0.25) is 0 Å². The van der Waals surface area contributed by atoms with E-state index in [0.717, 1.165) is 16.7 Å². The van der Waals surface area contributed by atoms with Crippen LogP contribution in [0, 0.1) is 71.5 Å². The third-order valence-electron chi connectivity index (χ3n) is 25.1. The van der Waals surface area contributed by atoms with Gasteiger partial charge in [-0.3, -0.25) is 43.2 Å². The van der Waals surface area contributed by atoms with Gasteiger partial charge in [-0.15, -0.1) is 6.42 Å². The number of hydrogen-bond acceptors (Lipinski definition) is 19. The van der Waals surface area contributed by atoms with E-state index in [1.807, 2.05) is 135 Å². The van der Waals surface area contributed by atoms with Gasteiger partial charge in [-0.25, -0.2) is 14.4 Å². The van der Waals surface area contributed by atoms with E-state index >= 15 is 0 Å². The molecule has 0 bridgehead atoms. The van der Waals surface area contributed by atoms with Crippen molar-refractivity contribution in [2.45, 2.75) is 186 Å². The fourth-order valence-electron chi connectivity index (χ4n) is 17.3. The lowest BCUT2D eigenvalue weighted by Gasteiger charge is -2.33. The highest BCUT2D eigenvalue weighted by atomic mass is 16.6. The van der Waals surface area contributed by atoms with Crippen molar-refractivity contribution in [2.75, 3.05) is 82.1 Å². The molecule has 6 aromatic carbocycles. The van der Waals surface area contributed by atoms with Crippen molar-refractivity contribution in [3.63, 3.8) is 0 Å². The van der Waals surface area contributed by atoms with Crippen LogP contribution in [0.3, 0.4) is 0 Å². The summed E-state index contributed by atoms with van der Waals surface area (Å²) in [6.07, 6.45) is 3.34. The van der Waals surface area contributed by atoms with E-state index < -0.39 is 132 Å². The second-order valence-electron chi connectivity index (χ2n) is 33.3. The third-order valence-corrected chi connectivity index (χ3v) is 25.1. The normalized spacial score (nSPS) is 21.3. The Kier molecular flexibility index (Phi) is 35.4. The van der Waals surface area contributed by atoms with Crippen molar-refractivity contribution in [2.24, 2.45) is 35.5 Å². The van der Waals surface area contributed by atoms with E-state index in [4.69, 9.17) is 34.8 Å². The summed E-state index contributed by atoms with van der Waals surface area (Å²) in [6, 6.07) is 48.4. The van der Waals surface area contributed by atoms with Gasteiger partial charge in [-0.2, -0.15) is 0 Å². The molecule has 0 spiro atoms. The number of terminal acetylenes is 1. The van der Waals surface area contributed by atoms with Gasteiger partial charge in [0.2, 0.25) is 47.3 Å². The number of fused-ring (bicyclic) bond motifs is 3. The second-order valence-corrected chi connectivity index (χ2v) is 33.3. The Morgan fingerprint density at radius 2 is 0.705 bits per heavy atom. The van der Waals surface area contributed by atoms with Gasteiger partial charge in [0.1, 0.15) is 57.5 Å². The number of carbonyl (C=O) groups is 12. The largest absolute Gasteiger partial charge is 0.445 e. The first-order chi connectivity index (χ1) is 62.3. The van der Waals surface area contributed by atoms with Crippen molar-refractivity contribution < 1.29 is 86.0 Å². The first-order valence-corrected chi connectivity index (χ1v) is 44.3. The van der Waals surface area contributed by atoms with E-state index in [-0.39, 0.29) is 126 Å². The molecule has 12 rings (SSSR count). The highest BCUT2D eigenvalue weighted by molar-refractivity contribution is 5.98. The summed E-state index contributed by atoms with van der Waals surface area (Å²) in [5, 5.41) is 17.6. The molecule has 682 valence electrons. The minimum absolute atomic E-state index is 0.00320. The minimum Gasteiger partial charge on any atom is -0.445 e. The lowest BCUT2D eigenvalue weighted by Crippen LogP contribution is -2.58. The molecule has 11 amide bonds. The van der Waals surface area contributed by atoms with Crippen molar-refractivity contribution in [3.05, 3.63) is 199 Å². The van der Waals surface area contributed by atoms with Gasteiger partial charge in [-0.05, 0) is 132 Å². The molecule has 30 heteroatoms. The van der Waals surface area contributed by atoms with Gasteiger partial charge in [0.15, 0.2) is 0 Å². The van der Waals surface area contributed by atoms with E-state index in [1.54, 1.807) is 134 Å². The Morgan fingerprint density at radius 1 is 0.403 bits per heavy atom. The fourth-order valence-corrected chi connectivity index (χ4v) is 17.3. The monoisotopic (exact) mass is 1760 g/mol. The van der Waals surface area contributed by atoms with Gasteiger partial charge in [0.25, 0.3) is 0 Å². The zero-order chi connectivity index (χ0) is 92.2. The summed E-state index contributed by atoms with van der Waals surface area (Å²) in [4.78, 5) is 176. The predicted octanol–water partition coefficient (Wildman–Crippen LogP) is 9.70. The van der Waals surface area contributed by atoms with E-state index in [9.17, 15) is 57.5 Å². The summed E-state index contributed by atoms with van der Waals surface area (Å²) >= 11 is 0. The fraction of sp³-hybridized carbons (Fsp3) is 0.455. The van der Waals surface area contributed by atoms with Gasteiger partial charge in [0, 0.05) is 74.6 Å². The highest BCUT2D eigenvalue weighted by Crippen LogP contribution is 2.42. The molecule has 6 aliphatic heterocycles. The zero-order valence-corrected chi connectivity index (χ0v) is 74.5. The number of anilines is 3. The van der Waals surface area contributed by atoms with Crippen LogP contribution in [-0.2, 0) is 91.4 Å². The molecule has 6 N–H and O–H groups in total. The average molecular weight is 1760 g/mol. The van der Waals surface area contributed by atoms with E-state index in [1.165, 1.54) is 4.90 Å². The summed E-state index contributed by atoms with van der Waals surface area (Å²) in [5.74, 6) is 6.35. The molecule has 6 fully saturated rings. The maximum atomic E-state index is 14.9. The SMILES string of the molecule is C#CCO[C@H](C)[C@H](NC(=O)[C@H](C)CC)C(=O)N1CC[C@@H]2[C@H]1[C@@H](C(=O)Nc1ccccc1)CN2C(=O)OCc1ccccc1.CC[C@@H](C)C(=O)N[C@H](C(=O)N1CC[C@@H]2[C@H]1[C@@H](C(=O)Nc1ccccc1)CN2C(=O)OCc1ccccc1)[C@@H](C)OCC#CC#CCO[C@H](C)[C@H](CC(=O)[C@H](C)NC)C(=O)N1CC[C@@H]2[C@H]1[C@@H](C(=O)Nc1ccccc1)CN2C(=O)OCc1ccccc1. The molecule has 18 atom stereocenters. The van der Waals surface area contributed by atoms with E-state index in [2.05, 4.69) is 61.5 Å². The number of hydrogen-bond donors (Lipinski definition) is 6. The standard InChI is InChI=1S/C66H78N8O12.C33H40N4O6/c1-7-43(2)60(76)70-57(64(80)72-35-33-55-59(72)53(62(78)69-50-30-20-13-21-31-50)40-74(55)66(82)86-42-48-26-16-11-17-27-48)46(5)84-37-23-9-8-22-36-83-45(4)51(38-56(75)44(3)67-6)63(79)71-34-32-54-58(71)52(61(77)68-49-28-18-12-19-29-49)39-73(54)65(81)85-41-47-24-14-10-15-25-47;1-5-19-42-23(4)28(35-30(38)22(3)6-2)32(40)36-18-17-27-29(36)26(31(39)34-25-15-11-8-12-16-25)20-37(27)33(41)43-21-24-13-9-7-10-14-24/h10-21,24-31,43-46,51-55,57-59,67H,7,32-42H2,1-6H3,(H,68,77)(H,69,78)(H,70,76);1,7-16,22-23,26-29H,6,17-21H2,2-4H3,(H,34,39)(H,35,38)/t43-,44+,45-,46-,51+,52+,53+,54-,55-,57+,58-,59-;22-,23-,26+,27-,28+,29-/m11/s1. The third kappa shape index (κ3) is 25.1. The number of ketones is 1. The predicted molar refractivity (Wildman–Crippen MR) is 482 cm³/mol. The number of rotatable bonds is 34. The van der Waals surface area contributed by atoms with Crippen LogP contribution in [0.15, 0.2) is 182 Å². The zero-order valence-electron chi connectivity index (χ0n) is 74.5. The number of para-hydroxylation sites is 3. The molecule has 0 saturated carbocycles. The van der Waals surface area contributed by atoms with Crippen LogP contribution < -0.4 is 31.9 Å². The Morgan fingerprint density at radius 3 is 1.02 bits per heavy atom. The lowest BCUT2D eigenvalue weighted by atomic mass is 9.91. The molecular weight excluding hydrogens is 1650 g/mol. The number of ether oxygens (including phenoxy) is 6. The number of nitrogens with one attached hydrogen (secondary N) is 6. The van der Waals surface area contributed by atoms with Crippen molar-refractivity contribution in [1.82, 2.24) is 45.3 Å². The summed E-state index contributed by atoms with van der Waals surface area (Å²) in [6.45, 7) is 14.6. The topological polar surface area (TPSA) is 352 Å². The van der Waals surface area contributed by atoms with Gasteiger partial charge < -0.3 is 89.7 Å². The number of likely N-dealkylation sites (tertiary alicyclic amines) is 6. The van der Waals surface area contributed by atoms with E-state index in [0.29, 0.717) is 55.7 Å². The molecule has 6 aliphatic rings. The smallest absolute Gasteiger partial charge is 0.410 e. The molecule has 129 heavy (non-hydrogen) atoms. The molecule has 30 nitrogen and oxygen atoms in total. The van der Waals surface area contributed by atoms with Crippen molar-refractivity contribution >= 4 is 88.4 Å². The first kappa shape index (κ1) is 96.7. The van der Waals surface area contributed by atoms with Gasteiger partial charge >= 0.3 is 18.3 Å². The Balaban J connectivity index is 0.000000312. The molecule has 0 unspecified atom stereocenters. The lowest BCUT2D eigenvalue weighted by molar-refractivity contribution is -0.145. The molecule has 0 aromatic heterocycles. The summed E-state index contributed by atoms with van der Waals surface area (Å²) < 4.78 is 35.1. The Bertz CT molecular complexity index is 4800. The van der Waals surface area contributed by atoms with Gasteiger partial charge in [0.05, 0.1) is 84.3 Å². The molecular formula is C99H118N12O18. The van der Waals surface area contributed by atoms with Crippen LogP contribution in [0.5, 0.6) is 0 Å². The van der Waals surface area contributed by atoms with Crippen LogP contribution in [0.1, 0.15) is 111 Å². The molecule has 6 saturated heterocycles. The average Bonchev–Trinajstić information content (AvgIpc) is 1.61. The molecule has 0 radical (unpaired) electrons. The number of amides is 11. The number of benzene rings is 6. The number of carbonyl (C=O) groups excluding carboxylic acids is 12. The van der Waals surface area contributed by atoms with Crippen LogP contribution in [0.25, 0.3) is 0 Å².